The number of Topliss-reactive ketones (excluding diaryl/α,β-unsaturated/α-hetero) is 1. The van der Waals surface area contributed by atoms with E-state index in [9.17, 15) is 18.0 Å². The summed E-state index contributed by atoms with van der Waals surface area (Å²) in [6.45, 7) is 1.43. The van der Waals surface area contributed by atoms with E-state index < -0.39 is 6.36 Å². The van der Waals surface area contributed by atoms with Crippen LogP contribution in [0.15, 0.2) is 18.2 Å². The van der Waals surface area contributed by atoms with Crippen LogP contribution in [0.5, 0.6) is 5.75 Å². The smallest absolute Gasteiger partial charge is 0.405 e. The summed E-state index contributed by atoms with van der Waals surface area (Å²) in [6, 6.07) is 4.05. The van der Waals surface area contributed by atoms with Crippen LogP contribution < -0.4 is 4.74 Å². The summed E-state index contributed by atoms with van der Waals surface area (Å²) in [4.78, 5) is 11.6. The molecule has 0 saturated heterocycles. The molecule has 0 saturated carbocycles. The molecule has 0 amide bonds. The largest absolute Gasteiger partial charge is 0.573 e. The summed E-state index contributed by atoms with van der Waals surface area (Å²) < 4.78 is 40.1. The van der Waals surface area contributed by atoms with Crippen molar-refractivity contribution in [2.45, 2.75) is 19.7 Å². The summed E-state index contributed by atoms with van der Waals surface area (Å²) in [7, 11) is 0. The molecule has 0 unspecified atom stereocenters. The van der Waals surface area contributed by atoms with Gasteiger partial charge in [0.15, 0.2) is 5.78 Å². The quantitative estimate of drug-likeness (QED) is 0.623. The Morgan fingerprint density at radius 2 is 2.06 bits per heavy atom. The molecule has 17 heavy (non-hydrogen) atoms. The Morgan fingerprint density at radius 3 is 2.59 bits per heavy atom. The first-order valence-corrected chi connectivity index (χ1v) is 5.92. The minimum atomic E-state index is -4.75. The number of rotatable bonds is 4. The molecule has 94 valence electrons. The summed E-state index contributed by atoms with van der Waals surface area (Å²) in [5.74, 6) is -0.551. The summed E-state index contributed by atoms with van der Waals surface area (Å²) in [5.41, 5.74) is 0.460. The fourth-order valence-electron chi connectivity index (χ4n) is 1.37. The fraction of sp³-hybridized carbons (Fsp3) is 0.364. The lowest BCUT2D eigenvalue weighted by atomic mass is 10.0. The third-order valence-corrected chi connectivity index (χ3v) is 2.53. The van der Waals surface area contributed by atoms with Crippen LogP contribution in [0, 0.1) is 6.92 Å². The van der Waals surface area contributed by atoms with Gasteiger partial charge in [0.05, 0.1) is 0 Å². The summed E-state index contributed by atoms with van der Waals surface area (Å²) >= 11 is 3.11. The Morgan fingerprint density at radius 1 is 1.41 bits per heavy atom. The monoisotopic (exact) mass is 310 g/mol. The zero-order valence-electron chi connectivity index (χ0n) is 8.97. The van der Waals surface area contributed by atoms with Crippen molar-refractivity contribution in [3.05, 3.63) is 29.3 Å². The number of hydrogen-bond acceptors (Lipinski definition) is 2. The highest BCUT2D eigenvalue weighted by molar-refractivity contribution is 9.09. The predicted octanol–water partition coefficient (Wildman–Crippen LogP) is 3.86. The standard InChI is InChI=1S/C11H10BrF3O2/c1-7-8(9(16)5-6-12)3-2-4-10(7)17-11(13,14)15/h2-4H,5-6H2,1H3. The lowest BCUT2D eigenvalue weighted by Gasteiger charge is -2.13. The molecule has 0 radical (unpaired) electrons. The summed E-state index contributed by atoms with van der Waals surface area (Å²) in [5, 5.41) is 0.468. The van der Waals surface area contributed by atoms with Gasteiger partial charge in [0, 0.05) is 22.9 Å². The second-order valence-electron chi connectivity index (χ2n) is 3.34. The number of ether oxygens (including phenoxy) is 1. The number of carbonyl (C=O) groups is 1. The molecule has 0 aliphatic heterocycles. The molecule has 1 rings (SSSR count). The van der Waals surface area contributed by atoms with Crippen LogP contribution >= 0.6 is 15.9 Å². The number of halogens is 4. The van der Waals surface area contributed by atoms with Gasteiger partial charge in [-0.1, -0.05) is 28.1 Å². The first-order valence-electron chi connectivity index (χ1n) is 4.79. The SMILES string of the molecule is Cc1c(OC(F)(F)F)cccc1C(=O)CCBr. The van der Waals surface area contributed by atoms with E-state index in [2.05, 4.69) is 20.7 Å². The van der Waals surface area contributed by atoms with Gasteiger partial charge in [0.25, 0.3) is 0 Å². The van der Waals surface area contributed by atoms with Gasteiger partial charge in [-0.25, -0.2) is 0 Å². The van der Waals surface area contributed by atoms with Crippen molar-refractivity contribution in [2.24, 2.45) is 0 Å². The molecule has 0 N–H and O–H groups in total. The lowest BCUT2D eigenvalue weighted by molar-refractivity contribution is -0.274. The topological polar surface area (TPSA) is 26.3 Å². The first kappa shape index (κ1) is 14.0. The minimum absolute atomic E-state index is 0.204. The lowest BCUT2D eigenvalue weighted by Crippen LogP contribution is -2.18. The molecule has 1 aromatic rings. The first-order chi connectivity index (χ1) is 7.85. The number of benzene rings is 1. The van der Waals surface area contributed by atoms with Crippen LogP contribution in [0.3, 0.4) is 0 Å². The van der Waals surface area contributed by atoms with Crippen LogP contribution in [0.4, 0.5) is 13.2 Å². The third-order valence-electron chi connectivity index (χ3n) is 2.13. The van der Waals surface area contributed by atoms with Crippen molar-refractivity contribution in [3.63, 3.8) is 0 Å². The molecule has 1 aromatic carbocycles. The second kappa shape index (κ2) is 5.53. The fourth-order valence-corrected chi connectivity index (χ4v) is 1.73. The second-order valence-corrected chi connectivity index (χ2v) is 4.13. The highest BCUT2D eigenvalue weighted by Crippen LogP contribution is 2.28. The summed E-state index contributed by atoms with van der Waals surface area (Å²) in [6.07, 6.45) is -4.52. The molecule has 0 fully saturated rings. The van der Waals surface area contributed by atoms with Gasteiger partial charge in [-0.3, -0.25) is 4.79 Å². The number of carbonyl (C=O) groups excluding carboxylic acids is 1. The van der Waals surface area contributed by atoms with Crippen LogP contribution in [-0.4, -0.2) is 17.5 Å². The Bertz CT molecular complexity index is 416. The predicted molar refractivity (Wildman–Crippen MR) is 60.6 cm³/mol. The zero-order valence-corrected chi connectivity index (χ0v) is 10.6. The van der Waals surface area contributed by atoms with Crippen molar-refractivity contribution in [1.82, 2.24) is 0 Å². The van der Waals surface area contributed by atoms with Gasteiger partial charge < -0.3 is 4.74 Å². The van der Waals surface area contributed by atoms with Gasteiger partial charge in [0.2, 0.25) is 0 Å². The molecule has 2 nitrogen and oxygen atoms in total. The molecule has 0 aliphatic rings. The molecular formula is C11H10BrF3O2. The van der Waals surface area contributed by atoms with E-state index in [1.165, 1.54) is 25.1 Å². The maximum atomic E-state index is 12.1. The van der Waals surface area contributed by atoms with Crippen molar-refractivity contribution in [2.75, 3.05) is 5.33 Å². The van der Waals surface area contributed by atoms with Gasteiger partial charge in [-0.2, -0.15) is 0 Å². The van der Waals surface area contributed by atoms with Crippen molar-refractivity contribution >= 4 is 21.7 Å². The average Bonchev–Trinajstić information content (AvgIpc) is 2.19. The minimum Gasteiger partial charge on any atom is -0.405 e. The highest BCUT2D eigenvalue weighted by atomic mass is 79.9. The Hall–Kier alpha value is -1.04. The maximum absolute atomic E-state index is 12.1. The highest BCUT2D eigenvalue weighted by Gasteiger charge is 2.32. The van der Waals surface area contributed by atoms with E-state index in [-0.39, 0.29) is 29.1 Å². The van der Waals surface area contributed by atoms with E-state index in [0.717, 1.165) is 0 Å². The molecule has 0 bridgehead atoms. The molecule has 0 atom stereocenters. The van der Waals surface area contributed by atoms with Crippen LogP contribution in [0.1, 0.15) is 22.3 Å². The molecule has 0 aliphatic carbocycles. The molecular weight excluding hydrogens is 301 g/mol. The molecule has 6 heteroatoms. The van der Waals surface area contributed by atoms with Crippen LogP contribution in [0.25, 0.3) is 0 Å². The van der Waals surface area contributed by atoms with E-state index in [0.29, 0.717) is 5.33 Å². The molecule has 0 heterocycles. The van der Waals surface area contributed by atoms with Crippen molar-refractivity contribution < 1.29 is 22.7 Å². The van der Waals surface area contributed by atoms with E-state index in [4.69, 9.17) is 0 Å². The molecule has 0 aromatic heterocycles. The Kier molecular flexibility index (Phi) is 4.56. The van der Waals surface area contributed by atoms with Gasteiger partial charge >= 0.3 is 6.36 Å². The van der Waals surface area contributed by atoms with Crippen LogP contribution in [-0.2, 0) is 0 Å². The van der Waals surface area contributed by atoms with E-state index >= 15 is 0 Å². The Balaban J connectivity index is 3.03. The number of alkyl halides is 4. The maximum Gasteiger partial charge on any atom is 0.573 e. The Labute approximate surface area is 105 Å². The number of ketones is 1. The van der Waals surface area contributed by atoms with Gasteiger partial charge in [0.1, 0.15) is 5.75 Å². The average molecular weight is 311 g/mol. The van der Waals surface area contributed by atoms with Gasteiger partial charge in [-0.05, 0) is 13.0 Å². The van der Waals surface area contributed by atoms with E-state index in [1.54, 1.807) is 0 Å². The number of hydrogen-bond donors (Lipinski definition) is 0. The van der Waals surface area contributed by atoms with Crippen LogP contribution in [0.2, 0.25) is 0 Å². The van der Waals surface area contributed by atoms with Gasteiger partial charge in [-0.15, -0.1) is 13.2 Å². The zero-order chi connectivity index (χ0) is 13.1. The third kappa shape index (κ3) is 4.03. The molecule has 0 spiro atoms. The van der Waals surface area contributed by atoms with E-state index in [1.807, 2.05) is 0 Å². The normalized spacial score (nSPS) is 11.4. The van der Waals surface area contributed by atoms with Crippen molar-refractivity contribution in [1.29, 1.82) is 0 Å². The van der Waals surface area contributed by atoms with Crippen molar-refractivity contribution in [3.8, 4) is 5.75 Å².